The minimum Gasteiger partial charge on any atom is -0.370 e. The summed E-state index contributed by atoms with van der Waals surface area (Å²) in [7, 11) is 1.72. The Labute approximate surface area is 100 Å². The zero-order chi connectivity index (χ0) is 11.9. The number of rotatable bonds is 2. The number of aryl methyl sites for hydroxylation is 1. The van der Waals surface area contributed by atoms with Gasteiger partial charge in [-0.25, -0.2) is 4.98 Å². The molecule has 0 aromatic carbocycles. The Bertz CT molecular complexity index is 487. The summed E-state index contributed by atoms with van der Waals surface area (Å²) in [5.74, 6) is 0.753. The highest BCUT2D eigenvalue weighted by molar-refractivity contribution is 5.24. The Morgan fingerprint density at radius 1 is 1.24 bits per heavy atom. The van der Waals surface area contributed by atoms with Crippen LogP contribution in [-0.4, -0.2) is 17.1 Å². The van der Waals surface area contributed by atoms with Crippen LogP contribution in [0.5, 0.6) is 0 Å². The first-order valence-corrected chi connectivity index (χ1v) is 6.43. The zero-order valence-electron chi connectivity index (χ0n) is 10.2. The molecule has 0 unspecified atom stereocenters. The average molecular weight is 234 g/mol. The van der Waals surface area contributed by atoms with Crippen LogP contribution < -0.4 is 5.56 Å². The topological polar surface area (TPSA) is 55.0 Å². The van der Waals surface area contributed by atoms with Gasteiger partial charge in [0.25, 0.3) is 5.56 Å². The van der Waals surface area contributed by atoms with Crippen LogP contribution in [0.1, 0.15) is 49.2 Å². The number of ether oxygens (including phenoxy) is 1. The molecule has 1 aromatic heterocycles. The van der Waals surface area contributed by atoms with Gasteiger partial charge in [-0.1, -0.05) is 0 Å². The van der Waals surface area contributed by atoms with Crippen molar-refractivity contribution in [1.29, 1.82) is 0 Å². The Morgan fingerprint density at radius 2 is 2.00 bits per heavy atom. The zero-order valence-corrected chi connectivity index (χ0v) is 10.2. The third-order valence-corrected chi connectivity index (χ3v) is 4.18. The van der Waals surface area contributed by atoms with E-state index in [0.29, 0.717) is 0 Å². The molecule has 3 rings (SSSR count). The standard InChI is InChI=1S/C13H18N2O2/c1-17-13(7-2-3-8-13)12-14-10-6-4-5-9(10)11(16)15-12/h2-8H2,1H3,(H,14,15,16). The molecule has 0 bridgehead atoms. The van der Waals surface area contributed by atoms with E-state index in [2.05, 4.69) is 9.97 Å². The lowest BCUT2D eigenvalue weighted by molar-refractivity contribution is -0.0166. The largest absolute Gasteiger partial charge is 0.370 e. The van der Waals surface area contributed by atoms with Crippen LogP contribution in [0, 0.1) is 0 Å². The summed E-state index contributed by atoms with van der Waals surface area (Å²) in [5, 5.41) is 0. The first-order valence-electron chi connectivity index (χ1n) is 6.43. The lowest BCUT2D eigenvalue weighted by atomic mass is 10.0. The van der Waals surface area contributed by atoms with Gasteiger partial charge in [-0.2, -0.15) is 0 Å². The molecule has 0 saturated heterocycles. The first kappa shape index (κ1) is 11.0. The molecule has 0 amide bonds. The average Bonchev–Trinajstić information content (AvgIpc) is 2.98. The fourth-order valence-electron chi connectivity index (χ4n) is 3.14. The minimum atomic E-state index is -0.337. The summed E-state index contributed by atoms with van der Waals surface area (Å²) >= 11 is 0. The van der Waals surface area contributed by atoms with E-state index >= 15 is 0 Å². The fraction of sp³-hybridized carbons (Fsp3) is 0.692. The van der Waals surface area contributed by atoms with E-state index in [1.807, 2.05) is 0 Å². The first-order chi connectivity index (χ1) is 8.25. The van der Waals surface area contributed by atoms with Crippen molar-refractivity contribution in [3.05, 3.63) is 27.4 Å². The van der Waals surface area contributed by atoms with Crippen molar-refractivity contribution in [2.45, 2.75) is 50.5 Å². The van der Waals surface area contributed by atoms with Gasteiger partial charge < -0.3 is 9.72 Å². The molecule has 0 spiro atoms. The molecular weight excluding hydrogens is 216 g/mol. The molecule has 4 nitrogen and oxygen atoms in total. The van der Waals surface area contributed by atoms with Gasteiger partial charge in [0.15, 0.2) is 0 Å². The number of aromatic amines is 1. The van der Waals surface area contributed by atoms with E-state index in [0.717, 1.165) is 62.0 Å². The highest BCUT2D eigenvalue weighted by Crippen LogP contribution is 2.39. The van der Waals surface area contributed by atoms with Gasteiger partial charge in [0, 0.05) is 12.7 Å². The molecular formula is C13H18N2O2. The van der Waals surface area contributed by atoms with Crippen molar-refractivity contribution in [2.75, 3.05) is 7.11 Å². The van der Waals surface area contributed by atoms with Crippen molar-refractivity contribution >= 4 is 0 Å². The smallest absolute Gasteiger partial charge is 0.254 e. The van der Waals surface area contributed by atoms with Crippen LogP contribution in [0.15, 0.2) is 4.79 Å². The van der Waals surface area contributed by atoms with Gasteiger partial charge in [-0.3, -0.25) is 4.79 Å². The number of nitrogens with one attached hydrogen (secondary N) is 1. The third kappa shape index (κ3) is 1.62. The van der Waals surface area contributed by atoms with E-state index in [1.54, 1.807) is 7.11 Å². The molecule has 2 aliphatic rings. The second-order valence-corrected chi connectivity index (χ2v) is 5.10. The summed E-state index contributed by atoms with van der Waals surface area (Å²) in [5.41, 5.74) is 1.59. The quantitative estimate of drug-likeness (QED) is 0.847. The maximum atomic E-state index is 12.0. The van der Waals surface area contributed by atoms with E-state index < -0.39 is 0 Å². The number of methoxy groups -OCH3 is 1. The number of hydrogen-bond donors (Lipinski definition) is 1. The second kappa shape index (κ2) is 3.95. The molecule has 17 heavy (non-hydrogen) atoms. The maximum Gasteiger partial charge on any atom is 0.254 e. The molecule has 1 fully saturated rings. The summed E-state index contributed by atoms with van der Waals surface area (Å²) in [4.78, 5) is 19.6. The number of H-pyrrole nitrogens is 1. The molecule has 1 aromatic rings. The Kier molecular flexibility index (Phi) is 2.54. The van der Waals surface area contributed by atoms with Gasteiger partial charge in [0.05, 0.1) is 5.69 Å². The molecule has 0 aliphatic heterocycles. The lowest BCUT2D eigenvalue weighted by Crippen LogP contribution is -2.31. The molecule has 1 saturated carbocycles. The monoisotopic (exact) mass is 234 g/mol. The number of nitrogens with zero attached hydrogens (tertiary/aromatic N) is 1. The lowest BCUT2D eigenvalue weighted by Gasteiger charge is -2.26. The Hall–Kier alpha value is -1.16. The number of aromatic nitrogens is 2. The summed E-state index contributed by atoms with van der Waals surface area (Å²) in [6.07, 6.45) is 7.08. The van der Waals surface area contributed by atoms with E-state index in [-0.39, 0.29) is 11.2 Å². The van der Waals surface area contributed by atoms with E-state index in [4.69, 9.17) is 4.74 Å². The van der Waals surface area contributed by atoms with E-state index in [9.17, 15) is 4.79 Å². The SMILES string of the molecule is COC1(c2nc3c(c(=O)[nH]2)CCC3)CCCC1. The van der Waals surface area contributed by atoms with Crippen molar-refractivity contribution in [2.24, 2.45) is 0 Å². The van der Waals surface area contributed by atoms with Crippen LogP contribution in [0.3, 0.4) is 0 Å². The van der Waals surface area contributed by atoms with Gasteiger partial charge in [-0.05, 0) is 44.9 Å². The molecule has 1 heterocycles. The van der Waals surface area contributed by atoms with Gasteiger partial charge in [0.1, 0.15) is 11.4 Å². The third-order valence-electron chi connectivity index (χ3n) is 4.18. The summed E-state index contributed by atoms with van der Waals surface area (Å²) in [6.45, 7) is 0. The minimum absolute atomic E-state index is 0.0471. The molecule has 92 valence electrons. The molecule has 4 heteroatoms. The summed E-state index contributed by atoms with van der Waals surface area (Å²) in [6, 6.07) is 0. The number of fused-ring (bicyclic) bond motifs is 1. The van der Waals surface area contributed by atoms with Crippen LogP contribution in [0.2, 0.25) is 0 Å². The predicted octanol–water partition coefficient (Wildman–Crippen LogP) is 1.67. The Balaban J connectivity index is 2.09. The Morgan fingerprint density at radius 3 is 2.71 bits per heavy atom. The normalized spacial score (nSPS) is 21.7. The predicted molar refractivity (Wildman–Crippen MR) is 64.0 cm³/mol. The molecule has 0 atom stereocenters. The van der Waals surface area contributed by atoms with Gasteiger partial charge in [0.2, 0.25) is 0 Å². The van der Waals surface area contributed by atoms with Crippen molar-refractivity contribution in [3.8, 4) is 0 Å². The highest BCUT2D eigenvalue weighted by Gasteiger charge is 2.38. The van der Waals surface area contributed by atoms with E-state index in [1.165, 1.54) is 0 Å². The summed E-state index contributed by atoms with van der Waals surface area (Å²) < 4.78 is 5.67. The molecule has 0 radical (unpaired) electrons. The number of hydrogen-bond acceptors (Lipinski definition) is 3. The van der Waals surface area contributed by atoms with Crippen LogP contribution in [-0.2, 0) is 23.2 Å². The second-order valence-electron chi connectivity index (χ2n) is 5.10. The van der Waals surface area contributed by atoms with Gasteiger partial charge >= 0.3 is 0 Å². The van der Waals surface area contributed by atoms with Crippen LogP contribution >= 0.6 is 0 Å². The van der Waals surface area contributed by atoms with Crippen molar-refractivity contribution in [1.82, 2.24) is 9.97 Å². The van der Waals surface area contributed by atoms with Crippen LogP contribution in [0.4, 0.5) is 0 Å². The fourth-order valence-corrected chi connectivity index (χ4v) is 3.14. The molecule has 1 N–H and O–H groups in total. The van der Waals surface area contributed by atoms with Gasteiger partial charge in [-0.15, -0.1) is 0 Å². The maximum absolute atomic E-state index is 12.0. The highest BCUT2D eigenvalue weighted by atomic mass is 16.5. The van der Waals surface area contributed by atoms with Crippen molar-refractivity contribution < 1.29 is 4.74 Å². The van der Waals surface area contributed by atoms with Crippen molar-refractivity contribution in [3.63, 3.8) is 0 Å². The van der Waals surface area contributed by atoms with Crippen LogP contribution in [0.25, 0.3) is 0 Å². The molecule has 2 aliphatic carbocycles.